The van der Waals surface area contributed by atoms with Gasteiger partial charge < -0.3 is 19.3 Å². The highest BCUT2D eigenvalue weighted by Crippen LogP contribution is 2.23. The van der Waals surface area contributed by atoms with Crippen molar-refractivity contribution in [3.8, 4) is 0 Å². The summed E-state index contributed by atoms with van der Waals surface area (Å²) in [4.78, 5) is 11.1. The average molecular weight is 204 g/mol. The van der Waals surface area contributed by atoms with Crippen molar-refractivity contribution in [2.45, 2.75) is 25.6 Å². The van der Waals surface area contributed by atoms with Crippen LogP contribution in [0.4, 0.5) is 0 Å². The lowest BCUT2D eigenvalue weighted by atomic mass is 10.2. The fraction of sp³-hybridized carbons (Fsp3) is 0.889. The lowest BCUT2D eigenvalue weighted by Gasteiger charge is -2.21. The van der Waals surface area contributed by atoms with Crippen LogP contribution in [0.15, 0.2) is 0 Å². The molecule has 5 nitrogen and oxygen atoms in total. The van der Waals surface area contributed by atoms with Gasteiger partial charge in [-0.2, -0.15) is 0 Å². The Bertz CT molecular complexity index is 186. The molecule has 5 heteroatoms. The van der Waals surface area contributed by atoms with Crippen molar-refractivity contribution in [1.82, 2.24) is 0 Å². The fourth-order valence-electron chi connectivity index (χ4n) is 1.26. The zero-order valence-electron chi connectivity index (χ0n) is 8.32. The molecule has 14 heavy (non-hydrogen) atoms. The summed E-state index contributed by atoms with van der Waals surface area (Å²) < 4.78 is 15.3. The molecule has 82 valence electrons. The molecule has 1 saturated heterocycles. The zero-order chi connectivity index (χ0) is 10.4. The van der Waals surface area contributed by atoms with E-state index in [1.54, 1.807) is 6.92 Å². The summed E-state index contributed by atoms with van der Waals surface area (Å²) in [6.45, 7) is 2.86. The summed E-state index contributed by atoms with van der Waals surface area (Å²) >= 11 is 0. The molecule has 0 atom stereocenters. The minimum absolute atomic E-state index is 0.0528. The van der Waals surface area contributed by atoms with E-state index < -0.39 is 5.79 Å². The van der Waals surface area contributed by atoms with Crippen LogP contribution < -0.4 is 0 Å². The van der Waals surface area contributed by atoms with E-state index >= 15 is 0 Å². The number of ether oxygens (including phenoxy) is 3. The van der Waals surface area contributed by atoms with Crippen LogP contribution in [0.2, 0.25) is 0 Å². The summed E-state index contributed by atoms with van der Waals surface area (Å²) in [7, 11) is 0. The van der Waals surface area contributed by atoms with E-state index in [1.165, 1.54) is 0 Å². The van der Waals surface area contributed by atoms with E-state index in [2.05, 4.69) is 0 Å². The third-order valence-corrected chi connectivity index (χ3v) is 2.04. The largest absolute Gasteiger partial charge is 0.463 e. The lowest BCUT2D eigenvalue weighted by molar-refractivity contribution is -0.161. The monoisotopic (exact) mass is 204 g/mol. The van der Waals surface area contributed by atoms with E-state index in [0.717, 1.165) is 0 Å². The van der Waals surface area contributed by atoms with Crippen molar-refractivity contribution in [2.75, 3.05) is 26.4 Å². The number of hydrogen-bond donors (Lipinski definition) is 1. The predicted molar refractivity (Wildman–Crippen MR) is 47.6 cm³/mol. The van der Waals surface area contributed by atoms with Gasteiger partial charge in [-0.05, 0) is 6.92 Å². The van der Waals surface area contributed by atoms with Crippen LogP contribution in [0.1, 0.15) is 19.8 Å². The molecule has 1 rings (SSSR count). The Kier molecular flexibility index (Phi) is 4.31. The second-order valence-electron chi connectivity index (χ2n) is 3.27. The zero-order valence-corrected chi connectivity index (χ0v) is 8.32. The molecule has 0 amide bonds. The second-order valence-corrected chi connectivity index (χ2v) is 3.27. The molecule has 1 heterocycles. The summed E-state index contributed by atoms with van der Waals surface area (Å²) in [5, 5.41) is 8.42. The molecule has 0 spiro atoms. The molecule has 1 aliphatic rings. The summed E-state index contributed by atoms with van der Waals surface area (Å²) in [6.07, 6.45) is 0.730. The summed E-state index contributed by atoms with van der Waals surface area (Å²) in [5.74, 6) is -0.975. The Morgan fingerprint density at radius 1 is 1.50 bits per heavy atom. The van der Waals surface area contributed by atoms with Crippen molar-refractivity contribution in [2.24, 2.45) is 0 Å². The Morgan fingerprint density at radius 2 is 2.14 bits per heavy atom. The van der Waals surface area contributed by atoms with Crippen molar-refractivity contribution >= 4 is 5.97 Å². The van der Waals surface area contributed by atoms with E-state index in [1.807, 2.05) is 0 Å². The van der Waals surface area contributed by atoms with Gasteiger partial charge in [0.2, 0.25) is 0 Å². The molecule has 0 aromatic carbocycles. The number of esters is 1. The first-order valence-corrected chi connectivity index (χ1v) is 4.71. The third-order valence-electron chi connectivity index (χ3n) is 2.04. The van der Waals surface area contributed by atoms with Crippen LogP contribution in [0.25, 0.3) is 0 Å². The first-order chi connectivity index (χ1) is 6.66. The van der Waals surface area contributed by atoms with E-state index in [-0.39, 0.29) is 25.6 Å². The highest BCUT2D eigenvalue weighted by atomic mass is 16.7. The van der Waals surface area contributed by atoms with Gasteiger partial charge in [0.25, 0.3) is 0 Å². The van der Waals surface area contributed by atoms with Gasteiger partial charge in [0.1, 0.15) is 6.61 Å². The Hall–Kier alpha value is -0.650. The number of aliphatic hydroxyl groups excluding tert-OH is 1. The number of carbonyl (C=O) groups excluding carboxylic acids is 1. The SMILES string of the molecule is CC1(CCC(=O)OCCO)OCCO1. The number of carbonyl (C=O) groups is 1. The summed E-state index contributed by atoms with van der Waals surface area (Å²) in [6, 6.07) is 0. The molecule has 0 aliphatic carbocycles. The quantitative estimate of drug-likeness (QED) is 0.642. The number of rotatable bonds is 5. The van der Waals surface area contributed by atoms with Crippen molar-refractivity contribution < 1.29 is 24.1 Å². The Balaban J connectivity index is 2.15. The van der Waals surface area contributed by atoms with E-state index in [0.29, 0.717) is 19.6 Å². The molecular formula is C9H16O5. The third kappa shape index (κ3) is 3.61. The molecule has 1 aliphatic heterocycles. The lowest BCUT2D eigenvalue weighted by Crippen LogP contribution is -2.26. The van der Waals surface area contributed by atoms with Gasteiger partial charge in [-0.3, -0.25) is 4.79 Å². The van der Waals surface area contributed by atoms with Gasteiger partial charge in [0.15, 0.2) is 5.79 Å². The highest BCUT2D eigenvalue weighted by Gasteiger charge is 2.31. The fourth-order valence-corrected chi connectivity index (χ4v) is 1.26. The Labute approximate surface area is 82.9 Å². The van der Waals surface area contributed by atoms with Crippen LogP contribution in [0.3, 0.4) is 0 Å². The van der Waals surface area contributed by atoms with Gasteiger partial charge in [0, 0.05) is 6.42 Å². The molecule has 0 radical (unpaired) electrons. The van der Waals surface area contributed by atoms with Gasteiger partial charge in [-0.15, -0.1) is 0 Å². The smallest absolute Gasteiger partial charge is 0.306 e. The van der Waals surface area contributed by atoms with Gasteiger partial charge in [0.05, 0.1) is 26.2 Å². The molecule has 0 aromatic heterocycles. The standard InChI is InChI=1S/C9H16O5/c1-9(13-6-7-14-9)3-2-8(11)12-5-4-10/h10H,2-7H2,1H3. The molecule has 0 bridgehead atoms. The average Bonchev–Trinajstić information content (AvgIpc) is 2.60. The van der Waals surface area contributed by atoms with Crippen molar-refractivity contribution in [3.05, 3.63) is 0 Å². The van der Waals surface area contributed by atoms with Crippen molar-refractivity contribution in [1.29, 1.82) is 0 Å². The molecule has 1 N–H and O–H groups in total. The second kappa shape index (κ2) is 5.29. The van der Waals surface area contributed by atoms with Crippen LogP contribution >= 0.6 is 0 Å². The van der Waals surface area contributed by atoms with Crippen LogP contribution in [-0.2, 0) is 19.0 Å². The highest BCUT2D eigenvalue weighted by molar-refractivity contribution is 5.69. The first-order valence-electron chi connectivity index (χ1n) is 4.71. The summed E-state index contributed by atoms with van der Waals surface area (Å²) in [5.41, 5.74) is 0. The molecule has 0 aromatic rings. The number of hydrogen-bond acceptors (Lipinski definition) is 5. The van der Waals surface area contributed by atoms with Gasteiger partial charge >= 0.3 is 5.97 Å². The van der Waals surface area contributed by atoms with Crippen LogP contribution in [0.5, 0.6) is 0 Å². The maximum atomic E-state index is 11.1. The maximum absolute atomic E-state index is 11.1. The predicted octanol–water partition coefficient (Wildman–Crippen LogP) is 0.0651. The van der Waals surface area contributed by atoms with E-state index in [9.17, 15) is 4.79 Å². The van der Waals surface area contributed by atoms with E-state index in [4.69, 9.17) is 19.3 Å². The Morgan fingerprint density at radius 3 is 2.71 bits per heavy atom. The maximum Gasteiger partial charge on any atom is 0.306 e. The molecule has 0 unspecified atom stereocenters. The molecule has 1 fully saturated rings. The molecular weight excluding hydrogens is 188 g/mol. The van der Waals surface area contributed by atoms with Gasteiger partial charge in [-0.1, -0.05) is 0 Å². The topological polar surface area (TPSA) is 65.0 Å². The minimum Gasteiger partial charge on any atom is -0.463 e. The minimum atomic E-state index is -0.641. The number of aliphatic hydroxyl groups is 1. The van der Waals surface area contributed by atoms with Crippen LogP contribution in [-0.4, -0.2) is 43.3 Å². The first kappa shape index (κ1) is 11.4. The normalized spacial score (nSPS) is 19.6. The van der Waals surface area contributed by atoms with Crippen LogP contribution in [0, 0.1) is 0 Å². The van der Waals surface area contributed by atoms with Crippen molar-refractivity contribution in [3.63, 3.8) is 0 Å². The van der Waals surface area contributed by atoms with Gasteiger partial charge in [-0.25, -0.2) is 0 Å². The molecule has 0 saturated carbocycles.